The molecule has 8 heteroatoms. The molecule has 2 aromatic rings. The summed E-state index contributed by atoms with van der Waals surface area (Å²) >= 11 is 5.96. The zero-order chi connectivity index (χ0) is 17.0. The van der Waals surface area contributed by atoms with Crippen molar-refractivity contribution in [3.63, 3.8) is 0 Å². The third-order valence-corrected chi connectivity index (χ3v) is 3.26. The predicted molar refractivity (Wildman–Crippen MR) is 85.4 cm³/mol. The lowest BCUT2D eigenvalue weighted by Crippen LogP contribution is -2.15. The molecule has 0 unspecified atom stereocenters. The van der Waals surface area contributed by atoms with E-state index in [0.29, 0.717) is 5.56 Å². The van der Waals surface area contributed by atoms with E-state index in [1.807, 2.05) is 6.92 Å². The molecule has 0 saturated heterocycles. The van der Waals surface area contributed by atoms with Gasteiger partial charge >= 0.3 is 5.97 Å². The van der Waals surface area contributed by atoms with Gasteiger partial charge in [-0.3, -0.25) is 10.1 Å². The molecule has 2 rings (SSSR count). The van der Waals surface area contributed by atoms with Crippen molar-refractivity contribution in [2.45, 2.75) is 6.92 Å². The van der Waals surface area contributed by atoms with Gasteiger partial charge in [0.2, 0.25) is 0 Å². The van der Waals surface area contributed by atoms with Crippen LogP contribution in [0.2, 0.25) is 5.02 Å². The molecule has 0 amide bonds. The smallest absolute Gasteiger partial charge is 0.367 e. The Labute approximate surface area is 136 Å². The van der Waals surface area contributed by atoms with Gasteiger partial charge in [0.05, 0.1) is 15.5 Å². The Morgan fingerprint density at radius 3 is 2.48 bits per heavy atom. The van der Waals surface area contributed by atoms with Crippen LogP contribution in [-0.4, -0.2) is 16.7 Å². The summed E-state index contributed by atoms with van der Waals surface area (Å²) in [6.45, 7) is 1.84. The fourth-order valence-corrected chi connectivity index (χ4v) is 2.04. The first kappa shape index (κ1) is 16.4. The normalized spacial score (nSPS) is 11.1. The van der Waals surface area contributed by atoms with Gasteiger partial charge in [0.1, 0.15) is 0 Å². The van der Waals surface area contributed by atoms with E-state index in [1.165, 1.54) is 30.3 Å². The summed E-state index contributed by atoms with van der Waals surface area (Å²) < 4.78 is 0. The van der Waals surface area contributed by atoms with Gasteiger partial charge in [-0.1, -0.05) is 22.8 Å². The predicted octanol–water partition coefficient (Wildman–Crippen LogP) is 3.03. The Morgan fingerprint density at radius 2 is 1.91 bits per heavy atom. The number of aryl methyl sites for hydroxylation is 1. The number of benzene rings is 2. The summed E-state index contributed by atoms with van der Waals surface area (Å²) in [6, 6.07) is 10.2. The first-order chi connectivity index (χ1) is 10.9. The zero-order valence-electron chi connectivity index (χ0n) is 12.0. The Balaban J connectivity index is 2.12. The number of nitrogens with two attached hydrogens (primary N) is 1. The van der Waals surface area contributed by atoms with Crippen LogP contribution in [0, 0.1) is 17.0 Å². The van der Waals surface area contributed by atoms with Crippen LogP contribution in [-0.2, 0) is 4.84 Å². The fraction of sp³-hybridized carbons (Fsp3) is 0.0667. The van der Waals surface area contributed by atoms with Gasteiger partial charge in [-0.15, -0.1) is 0 Å². The molecule has 0 atom stereocenters. The number of nitro groups is 1. The highest BCUT2D eigenvalue weighted by Crippen LogP contribution is 2.18. The molecule has 7 nitrogen and oxygen atoms in total. The summed E-state index contributed by atoms with van der Waals surface area (Å²) in [7, 11) is 0. The Bertz CT molecular complexity index is 788. The third kappa shape index (κ3) is 4.04. The lowest BCUT2D eigenvalue weighted by Gasteiger charge is -2.03. The van der Waals surface area contributed by atoms with Gasteiger partial charge in [0.15, 0.2) is 5.84 Å². The van der Waals surface area contributed by atoms with E-state index in [-0.39, 0.29) is 22.1 Å². The van der Waals surface area contributed by atoms with Crippen molar-refractivity contribution in [1.82, 2.24) is 0 Å². The van der Waals surface area contributed by atoms with Crippen LogP contribution in [0.25, 0.3) is 0 Å². The molecule has 0 aliphatic rings. The maximum Gasteiger partial charge on any atom is 0.367 e. The lowest BCUT2D eigenvalue weighted by molar-refractivity contribution is -0.384. The van der Waals surface area contributed by atoms with Gasteiger partial charge < -0.3 is 10.6 Å². The van der Waals surface area contributed by atoms with Crippen LogP contribution in [0.3, 0.4) is 0 Å². The molecule has 0 saturated carbocycles. The standard InChI is InChI=1S/C15H12ClN3O4/c1-9-2-7-12(13(16)8-9)15(20)23-18-14(17)10-3-5-11(6-4-10)19(21)22/h2-8H,1H3,(H2,17,18). The van der Waals surface area contributed by atoms with Gasteiger partial charge in [0.25, 0.3) is 5.69 Å². The van der Waals surface area contributed by atoms with Crippen molar-refractivity contribution in [2.75, 3.05) is 0 Å². The molecule has 0 aliphatic carbocycles. The van der Waals surface area contributed by atoms with Crippen molar-refractivity contribution < 1.29 is 14.6 Å². The number of oxime groups is 1. The number of amidine groups is 1. The highest BCUT2D eigenvalue weighted by molar-refractivity contribution is 6.33. The van der Waals surface area contributed by atoms with Crippen molar-refractivity contribution >= 4 is 29.1 Å². The number of halogens is 1. The molecule has 0 heterocycles. The molecular formula is C15H12ClN3O4. The molecule has 0 fully saturated rings. The van der Waals surface area contributed by atoms with E-state index in [0.717, 1.165) is 5.56 Å². The van der Waals surface area contributed by atoms with E-state index in [4.69, 9.17) is 22.2 Å². The first-order valence-electron chi connectivity index (χ1n) is 6.44. The number of nitro benzene ring substituents is 1. The van der Waals surface area contributed by atoms with Gasteiger partial charge in [0, 0.05) is 17.7 Å². The average Bonchev–Trinajstić information content (AvgIpc) is 2.52. The largest absolute Gasteiger partial charge is 0.380 e. The van der Waals surface area contributed by atoms with Crippen LogP contribution < -0.4 is 5.73 Å². The number of non-ortho nitro benzene ring substituents is 1. The first-order valence-corrected chi connectivity index (χ1v) is 6.82. The van der Waals surface area contributed by atoms with Crippen molar-refractivity contribution in [3.8, 4) is 0 Å². The summed E-state index contributed by atoms with van der Waals surface area (Å²) in [5.41, 5.74) is 7.06. The quantitative estimate of drug-likeness (QED) is 0.304. The molecule has 2 N–H and O–H groups in total. The van der Waals surface area contributed by atoms with E-state index >= 15 is 0 Å². The van der Waals surface area contributed by atoms with E-state index in [9.17, 15) is 14.9 Å². The van der Waals surface area contributed by atoms with E-state index in [1.54, 1.807) is 12.1 Å². The molecule has 0 spiro atoms. The molecular weight excluding hydrogens is 322 g/mol. The second-order valence-electron chi connectivity index (χ2n) is 4.64. The number of nitrogens with zero attached hydrogens (tertiary/aromatic N) is 2. The maximum absolute atomic E-state index is 11.9. The van der Waals surface area contributed by atoms with Crippen LogP contribution in [0.1, 0.15) is 21.5 Å². The minimum atomic E-state index is -0.750. The van der Waals surface area contributed by atoms with Crippen LogP contribution in [0.4, 0.5) is 5.69 Å². The number of carbonyl (C=O) groups excluding carboxylic acids is 1. The number of rotatable bonds is 4. The van der Waals surface area contributed by atoms with Crippen molar-refractivity contribution in [3.05, 3.63) is 74.3 Å². The molecule has 0 aliphatic heterocycles. The Kier molecular flexibility index (Phi) is 4.92. The van der Waals surface area contributed by atoms with Gasteiger partial charge in [-0.2, -0.15) is 0 Å². The van der Waals surface area contributed by atoms with Crippen molar-refractivity contribution in [2.24, 2.45) is 10.9 Å². The molecule has 2 aromatic carbocycles. The Morgan fingerprint density at radius 1 is 1.26 bits per heavy atom. The Hall–Kier alpha value is -2.93. The SMILES string of the molecule is Cc1ccc(C(=O)O/N=C(/N)c2ccc([N+](=O)[O-])cc2)c(Cl)c1. The second-order valence-corrected chi connectivity index (χ2v) is 5.05. The van der Waals surface area contributed by atoms with E-state index in [2.05, 4.69) is 5.16 Å². The second kappa shape index (κ2) is 6.89. The fourth-order valence-electron chi connectivity index (χ4n) is 1.73. The number of hydrogen-bond donors (Lipinski definition) is 1. The van der Waals surface area contributed by atoms with Gasteiger partial charge in [-0.25, -0.2) is 4.79 Å². The van der Waals surface area contributed by atoms with Crippen LogP contribution in [0.5, 0.6) is 0 Å². The topological polar surface area (TPSA) is 108 Å². The van der Waals surface area contributed by atoms with E-state index < -0.39 is 10.9 Å². The monoisotopic (exact) mass is 333 g/mol. The van der Waals surface area contributed by atoms with Crippen LogP contribution >= 0.6 is 11.6 Å². The third-order valence-electron chi connectivity index (χ3n) is 2.95. The minimum Gasteiger partial charge on any atom is -0.380 e. The van der Waals surface area contributed by atoms with Crippen LogP contribution in [0.15, 0.2) is 47.6 Å². The molecule has 0 aromatic heterocycles. The summed E-state index contributed by atoms with van der Waals surface area (Å²) in [5, 5.41) is 14.3. The highest BCUT2D eigenvalue weighted by atomic mass is 35.5. The summed E-state index contributed by atoms with van der Waals surface area (Å²) in [4.78, 5) is 26.7. The maximum atomic E-state index is 11.9. The van der Waals surface area contributed by atoms with Gasteiger partial charge in [-0.05, 0) is 36.8 Å². The summed E-state index contributed by atoms with van der Waals surface area (Å²) in [6.07, 6.45) is 0. The highest BCUT2D eigenvalue weighted by Gasteiger charge is 2.13. The molecule has 118 valence electrons. The number of hydrogen-bond acceptors (Lipinski definition) is 5. The zero-order valence-corrected chi connectivity index (χ0v) is 12.8. The number of carbonyl (C=O) groups is 1. The minimum absolute atomic E-state index is 0.0787. The molecule has 0 bridgehead atoms. The van der Waals surface area contributed by atoms with Crippen molar-refractivity contribution in [1.29, 1.82) is 0 Å². The molecule has 0 radical (unpaired) electrons. The molecule has 23 heavy (non-hydrogen) atoms. The average molecular weight is 334 g/mol. The lowest BCUT2D eigenvalue weighted by atomic mass is 10.1. The summed E-state index contributed by atoms with van der Waals surface area (Å²) in [5.74, 6) is -0.837.